The standard InChI is InChI=1S/C11H21NO2/c1-13-8-6-12-10-3-7-14-11(9-10)4-2-5-11/h10,12H,2-9H2,1H3. The van der Waals surface area contributed by atoms with Gasteiger partial charge in [0.25, 0.3) is 0 Å². The van der Waals surface area contributed by atoms with Gasteiger partial charge in [-0.3, -0.25) is 0 Å². The van der Waals surface area contributed by atoms with Crippen LogP contribution in [0.2, 0.25) is 0 Å². The van der Waals surface area contributed by atoms with Crippen LogP contribution in [-0.2, 0) is 9.47 Å². The van der Waals surface area contributed by atoms with Crippen molar-refractivity contribution in [3.8, 4) is 0 Å². The Balaban J connectivity index is 1.71. The second kappa shape index (κ2) is 4.60. The molecule has 14 heavy (non-hydrogen) atoms. The van der Waals surface area contributed by atoms with E-state index in [9.17, 15) is 0 Å². The molecule has 2 aliphatic rings. The molecule has 1 aliphatic carbocycles. The number of methoxy groups -OCH3 is 1. The molecule has 0 bridgehead atoms. The zero-order valence-electron chi connectivity index (χ0n) is 9.05. The largest absolute Gasteiger partial charge is 0.383 e. The third-order valence-corrected chi connectivity index (χ3v) is 3.50. The van der Waals surface area contributed by atoms with Crippen LogP contribution in [0.5, 0.6) is 0 Å². The highest BCUT2D eigenvalue weighted by molar-refractivity contribution is 4.95. The molecule has 3 nitrogen and oxygen atoms in total. The minimum Gasteiger partial charge on any atom is -0.383 e. The Bertz CT molecular complexity index is 180. The molecule has 1 N–H and O–H groups in total. The van der Waals surface area contributed by atoms with Gasteiger partial charge < -0.3 is 14.8 Å². The van der Waals surface area contributed by atoms with Gasteiger partial charge in [0.1, 0.15) is 0 Å². The fourth-order valence-electron chi connectivity index (χ4n) is 2.49. The topological polar surface area (TPSA) is 30.5 Å². The first-order chi connectivity index (χ1) is 6.85. The Kier molecular flexibility index (Phi) is 3.42. The summed E-state index contributed by atoms with van der Waals surface area (Å²) in [6, 6.07) is 0.652. The van der Waals surface area contributed by atoms with Gasteiger partial charge in [0.05, 0.1) is 12.2 Å². The Labute approximate surface area is 86.2 Å². The van der Waals surface area contributed by atoms with Crippen LogP contribution in [0.15, 0.2) is 0 Å². The maximum absolute atomic E-state index is 5.87. The van der Waals surface area contributed by atoms with E-state index in [2.05, 4.69) is 5.32 Å². The number of hydrogen-bond acceptors (Lipinski definition) is 3. The van der Waals surface area contributed by atoms with Gasteiger partial charge in [-0.1, -0.05) is 0 Å². The molecule has 0 amide bonds. The van der Waals surface area contributed by atoms with Gasteiger partial charge in [-0.25, -0.2) is 0 Å². The van der Waals surface area contributed by atoms with E-state index >= 15 is 0 Å². The molecule has 3 heteroatoms. The molecule has 1 saturated heterocycles. The molecule has 1 heterocycles. The van der Waals surface area contributed by atoms with Crippen LogP contribution >= 0.6 is 0 Å². The summed E-state index contributed by atoms with van der Waals surface area (Å²) in [5, 5.41) is 3.54. The number of hydrogen-bond donors (Lipinski definition) is 1. The van der Waals surface area contributed by atoms with Gasteiger partial charge in [0.15, 0.2) is 0 Å². The van der Waals surface area contributed by atoms with Crippen LogP contribution in [0.25, 0.3) is 0 Å². The predicted molar refractivity (Wildman–Crippen MR) is 55.4 cm³/mol. The van der Waals surface area contributed by atoms with Crippen molar-refractivity contribution < 1.29 is 9.47 Å². The van der Waals surface area contributed by atoms with Gasteiger partial charge in [0.2, 0.25) is 0 Å². The van der Waals surface area contributed by atoms with E-state index in [0.29, 0.717) is 6.04 Å². The molecule has 0 aromatic carbocycles. The summed E-state index contributed by atoms with van der Waals surface area (Å²) < 4.78 is 10.9. The van der Waals surface area contributed by atoms with Crippen molar-refractivity contribution >= 4 is 0 Å². The smallest absolute Gasteiger partial charge is 0.0697 e. The second-order valence-corrected chi connectivity index (χ2v) is 4.52. The summed E-state index contributed by atoms with van der Waals surface area (Å²) in [5.41, 5.74) is 0.267. The lowest BCUT2D eigenvalue weighted by atomic mass is 9.74. The summed E-state index contributed by atoms with van der Waals surface area (Å²) in [7, 11) is 1.75. The molecule has 0 radical (unpaired) electrons. The summed E-state index contributed by atoms with van der Waals surface area (Å²) in [4.78, 5) is 0. The summed E-state index contributed by atoms with van der Waals surface area (Å²) in [5.74, 6) is 0. The minimum atomic E-state index is 0.267. The van der Waals surface area contributed by atoms with Crippen molar-refractivity contribution in [3.63, 3.8) is 0 Å². The number of rotatable bonds is 4. The van der Waals surface area contributed by atoms with E-state index in [4.69, 9.17) is 9.47 Å². The monoisotopic (exact) mass is 199 g/mol. The molecular weight excluding hydrogens is 178 g/mol. The van der Waals surface area contributed by atoms with Crippen LogP contribution in [-0.4, -0.2) is 38.5 Å². The highest BCUT2D eigenvalue weighted by Crippen LogP contribution is 2.42. The summed E-state index contributed by atoms with van der Waals surface area (Å²) in [6.45, 7) is 2.71. The normalized spacial score (nSPS) is 30.2. The Morgan fingerprint density at radius 2 is 2.36 bits per heavy atom. The lowest BCUT2D eigenvalue weighted by Crippen LogP contribution is -2.51. The van der Waals surface area contributed by atoms with Crippen molar-refractivity contribution in [3.05, 3.63) is 0 Å². The minimum absolute atomic E-state index is 0.267. The van der Waals surface area contributed by atoms with Crippen molar-refractivity contribution in [2.24, 2.45) is 0 Å². The van der Waals surface area contributed by atoms with Gasteiger partial charge in [-0.15, -0.1) is 0 Å². The van der Waals surface area contributed by atoms with E-state index in [1.54, 1.807) is 7.11 Å². The maximum atomic E-state index is 5.87. The lowest BCUT2D eigenvalue weighted by molar-refractivity contribution is -0.135. The molecule has 1 saturated carbocycles. The SMILES string of the molecule is COCCNC1CCOC2(CCC2)C1. The second-order valence-electron chi connectivity index (χ2n) is 4.52. The van der Waals surface area contributed by atoms with E-state index in [0.717, 1.165) is 26.2 Å². The highest BCUT2D eigenvalue weighted by atomic mass is 16.5. The van der Waals surface area contributed by atoms with Gasteiger partial charge in [-0.05, 0) is 32.1 Å². The van der Waals surface area contributed by atoms with E-state index in [1.165, 1.54) is 25.7 Å². The fraction of sp³-hybridized carbons (Fsp3) is 1.00. The fourth-order valence-corrected chi connectivity index (χ4v) is 2.49. The molecule has 1 aliphatic heterocycles. The van der Waals surface area contributed by atoms with E-state index in [-0.39, 0.29) is 5.60 Å². The van der Waals surface area contributed by atoms with Gasteiger partial charge >= 0.3 is 0 Å². The first kappa shape index (κ1) is 10.4. The number of ether oxygens (including phenoxy) is 2. The zero-order valence-corrected chi connectivity index (χ0v) is 9.05. The Hall–Kier alpha value is -0.120. The average molecular weight is 199 g/mol. The van der Waals surface area contributed by atoms with Crippen molar-refractivity contribution in [1.82, 2.24) is 5.32 Å². The average Bonchev–Trinajstić information content (AvgIpc) is 2.17. The van der Waals surface area contributed by atoms with Gasteiger partial charge in [0, 0.05) is 26.3 Å². The van der Waals surface area contributed by atoms with Crippen molar-refractivity contribution in [2.45, 2.75) is 43.7 Å². The summed E-state index contributed by atoms with van der Waals surface area (Å²) >= 11 is 0. The Morgan fingerprint density at radius 3 is 3.00 bits per heavy atom. The molecule has 1 atom stereocenters. The van der Waals surface area contributed by atoms with Crippen LogP contribution < -0.4 is 5.32 Å². The molecule has 0 aromatic heterocycles. The van der Waals surface area contributed by atoms with E-state index in [1.807, 2.05) is 0 Å². The molecule has 82 valence electrons. The third kappa shape index (κ3) is 2.27. The van der Waals surface area contributed by atoms with Crippen molar-refractivity contribution in [2.75, 3.05) is 26.9 Å². The molecule has 0 aromatic rings. The van der Waals surface area contributed by atoms with Crippen LogP contribution in [0.3, 0.4) is 0 Å². The first-order valence-corrected chi connectivity index (χ1v) is 5.71. The van der Waals surface area contributed by atoms with Crippen LogP contribution in [0.1, 0.15) is 32.1 Å². The predicted octanol–water partition coefficient (Wildman–Crippen LogP) is 1.32. The van der Waals surface area contributed by atoms with Gasteiger partial charge in [-0.2, -0.15) is 0 Å². The first-order valence-electron chi connectivity index (χ1n) is 5.71. The van der Waals surface area contributed by atoms with Crippen molar-refractivity contribution in [1.29, 1.82) is 0 Å². The molecular formula is C11H21NO2. The lowest BCUT2D eigenvalue weighted by Gasteiger charge is -2.47. The zero-order chi connectivity index (χ0) is 9.86. The summed E-state index contributed by atoms with van der Waals surface area (Å²) in [6.07, 6.45) is 6.26. The Morgan fingerprint density at radius 1 is 1.50 bits per heavy atom. The van der Waals surface area contributed by atoms with Crippen LogP contribution in [0, 0.1) is 0 Å². The molecule has 2 rings (SSSR count). The number of nitrogens with one attached hydrogen (secondary N) is 1. The highest BCUT2D eigenvalue weighted by Gasteiger charge is 2.42. The van der Waals surface area contributed by atoms with Crippen LogP contribution in [0.4, 0.5) is 0 Å². The third-order valence-electron chi connectivity index (χ3n) is 3.50. The maximum Gasteiger partial charge on any atom is 0.0697 e. The quantitative estimate of drug-likeness (QED) is 0.693. The van der Waals surface area contributed by atoms with E-state index < -0.39 is 0 Å². The molecule has 1 unspecified atom stereocenters. The molecule has 1 spiro atoms. The molecule has 2 fully saturated rings.